The summed E-state index contributed by atoms with van der Waals surface area (Å²) in [6, 6.07) is 22.3. The van der Waals surface area contributed by atoms with Crippen LogP contribution in [0.5, 0.6) is 0 Å². The number of carbonyl (C=O) groups is 1. The molecule has 1 fully saturated rings. The Labute approximate surface area is 214 Å². The lowest BCUT2D eigenvalue weighted by Crippen LogP contribution is -2.24. The largest absolute Gasteiger partial charge is 0.370 e. The second-order valence-electron chi connectivity index (χ2n) is 10.5. The van der Waals surface area contributed by atoms with Crippen LogP contribution in [0.4, 0.5) is 0 Å². The summed E-state index contributed by atoms with van der Waals surface area (Å²) in [5.41, 5.74) is 10.8. The normalized spacial score (nSPS) is 15.1. The molecule has 1 N–H and O–H groups in total. The van der Waals surface area contributed by atoms with Crippen molar-refractivity contribution in [2.75, 3.05) is 0 Å². The molecule has 1 atom stereocenters. The maximum atomic E-state index is 11.6. The number of hydrogen-bond donors (Lipinski definition) is 1. The fraction of sp³-hybridized carbons (Fsp3) is 0.406. The Kier molecular flexibility index (Phi) is 7.43. The summed E-state index contributed by atoms with van der Waals surface area (Å²) in [7, 11) is 0. The van der Waals surface area contributed by atoms with Crippen molar-refractivity contribution in [3.63, 3.8) is 0 Å². The molecule has 4 heteroatoms. The molecule has 0 spiro atoms. The fourth-order valence-corrected chi connectivity index (χ4v) is 6.01. The van der Waals surface area contributed by atoms with Gasteiger partial charge < -0.3 is 9.40 Å². The zero-order valence-electron chi connectivity index (χ0n) is 21.8. The zero-order chi connectivity index (χ0) is 25.1. The average molecular weight is 483 g/mol. The number of aromatic nitrogens is 1. The summed E-state index contributed by atoms with van der Waals surface area (Å²) in [4.78, 5) is 16.9. The third-order valence-corrected chi connectivity index (χ3v) is 8.01. The monoisotopic (exact) mass is 482 g/mol. The van der Waals surface area contributed by atoms with Crippen LogP contribution in [-0.4, -0.2) is 10.5 Å². The van der Waals surface area contributed by atoms with Gasteiger partial charge in [-0.15, -0.1) is 5.48 Å². The molecular weight excluding hydrogens is 444 g/mol. The highest BCUT2D eigenvalue weighted by Gasteiger charge is 2.21. The van der Waals surface area contributed by atoms with Crippen LogP contribution in [0.25, 0.3) is 21.8 Å². The molecule has 0 radical (unpaired) electrons. The molecule has 1 aliphatic carbocycles. The molecule has 0 saturated heterocycles. The van der Waals surface area contributed by atoms with Gasteiger partial charge in [-0.05, 0) is 85.5 Å². The second kappa shape index (κ2) is 10.9. The summed E-state index contributed by atoms with van der Waals surface area (Å²) in [5, 5.41) is 2.56. The summed E-state index contributed by atoms with van der Waals surface area (Å²) < 4.78 is 2.40. The van der Waals surface area contributed by atoms with Crippen molar-refractivity contribution in [2.45, 2.75) is 78.3 Å². The van der Waals surface area contributed by atoms with E-state index in [1.165, 1.54) is 76.7 Å². The number of hydroxylamine groups is 1. The lowest BCUT2D eigenvalue weighted by atomic mass is 9.94. The fourth-order valence-electron chi connectivity index (χ4n) is 6.01. The van der Waals surface area contributed by atoms with Gasteiger partial charge in [-0.3, -0.25) is 4.79 Å². The van der Waals surface area contributed by atoms with Gasteiger partial charge in [0.15, 0.2) is 0 Å². The maximum Gasteiger partial charge on any atom is 0.321 e. The van der Waals surface area contributed by atoms with E-state index < -0.39 is 0 Å². The Bertz CT molecular complexity index is 1360. The van der Waals surface area contributed by atoms with Gasteiger partial charge in [0.2, 0.25) is 0 Å². The highest BCUT2D eigenvalue weighted by Crippen LogP contribution is 2.35. The van der Waals surface area contributed by atoms with Crippen molar-refractivity contribution in [1.29, 1.82) is 0 Å². The molecule has 1 aliphatic rings. The molecule has 4 nitrogen and oxygen atoms in total. The Morgan fingerprint density at radius 3 is 2.47 bits per heavy atom. The number of nitrogens with one attached hydrogen (secondary N) is 1. The number of carbonyl (C=O) groups excluding carboxylic acids is 1. The second-order valence-corrected chi connectivity index (χ2v) is 10.5. The number of benzene rings is 3. The molecule has 0 bridgehead atoms. The number of nitrogens with zero attached hydrogens (tertiary/aromatic N) is 1. The first-order chi connectivity index (χ1) is 17.5. The van der Waals surface area contributed by atoms with Gasteiger partial charge in [-0.25, -0.2) is 0 Å². The van der Waals surface area contributed by atoms with Crippen LogP contribution in [0, 0.1) is 12.8 Å². The van der Waals surface area contributed by atoms with E-state index >= 15 is 0 Å². The average Bonchev–Trinajstić information content (AvgIpc) is 3.51. The van der Waals surface area contributed by atoms with E-state index in [2.05, 4.69) is 84.6 Å². The Balaban J connectivity index is 1.52. The summed E-state index contributed by atoms with van der Waals surface area (Å²) in [6.45, 7) is 6.77. The van der Waals surface area contributed by atoms with Gasteiger partial charge >= 0.3 is 5.97 Å². The molecule has 1 aromatic heterocycles. The van der Waals surface area contributed by atoms with Gasteiger partial charge in [-0.1, -0.05) is 62.1 Å². The van der Waals surface area contributed by atoms with Crippen LogP contribution in [0.15, 0.2) is 60.7 Å². The van der Waals surface area contributed by atoms with Gasteiger partial charge in [0.1, 0.15) is 0 Å². The van der Waals surface area contributed by atoms with Gasteiger partial charge in [-0.2, -0.15) is 0 Å². The van der Waals surface area contributed by atoms with Crippen LogP contribution in [0.1, 0.15) is 80.7 Å². The quantitative estimate of drug-likeness (QED) is 0.248. The van der Waals surface area contributed by atoms with E-state index in [1.807, 2.05) is 0 Å². The Hall–Kier alpha value is -3.11. The predicted octanol–water partition coefficient (Wildman–Crippen LogP) is 7.79. The van der Waals surface area contributed by atoms with Crippen LogP contribution in [0.3, 0.4) is 0 Å². The molecule has 0 amide bonds. The minimum absolute atomic E-state index is 0.00548. The summed E-state index contributed by atoms with van der Waals surface area (Å²) >= 11 is 0. The third-order valence-electron chi connectivity index (χ3n) is 8.01. The van der Waals surface area contributed by atoms with Crippen molar-refractivity contribution in [3.8, 4) is 0 Å². The van der Waals surface area contributed by atoms with Crippen molar-refractivity contribution in [1.82, 2.24) is 10.0 Å². The molecule has 4 aromatic rings. The molecule has 36 heavy (non-hydrogen) atoms. The van der Waals surface area contributed by atoms with Crippen molar-refractivity contribution >= 4 is 27.8 Å². The van der Waals surface area contributed by atoms with E-state index in [0.29, 0.717) is 0 Å². The standard InChI is InChI=1S/C32H38N2O2/c1-4-34-31-17-14-25(19-26-12-8-5-9-22(26)2)20-28(31)29-21-27(15-18-32(29)34)30(33-36-23(3)35)16-13-24-10-6-7-11-24/h5,8-9,12,14-15,17-18,20-21,24,30,33H,4,6-7,10-11,13,16,19H2,1-3H3. The van der Waals surface area contributed by atoms with Crippen molar-refractivity contribution in [3.05, 3.63) is 82.9 Å². The molecule has 0 aliphatic heterocycles. The SMILES string of the molecule is CCn1c2ccc(Cc3ccccc3C)cc2c2cc(C(CCC3CCCC3)NOC(C)=O)ccc21. The minimum atomic E-state index is -0.301. The number of hydrogen-bond acceptors (Lipinski definition) is 3. The van der Waals surface area contributed by atoms with Gasteiger partial charge in [0.25, 0.3) is 0 Å². The van der Waals surface area contributed by atoms with Crippen LogP contribution in [0.2, 0.25) is 0 Å². The highest BCUT2D eigenvalue weighted by atomic mass is 16.7. The van der Waals surface area contributed by atoms with Crippen molar-refractivity contribution in [2.24, 2.45) is 5.92 Å². The maximum absolute atomic E-state index is 11.6. The number of rotatable bonds is 9. The molecule has 3 aromatic carbocycles. The van der Waals surface area contributed by atoms with Gasteiger partial charge in [0.05, 0.1) is 6.04 Å². The first-order valence-electron chi connectivity index (χ1n) is 13.6. The van der Waals surface area contributed by atoms with Crippen LogP contribution >= 0.6 is 0 Å². The predicted molar refractivity (Wildman–Crippen MR) is 148 cm³/mol. The van der Waals surface area contributed by atoms with Crippen LogP contribution < -0.4 is 5.48 Å². The highest BCUT2D eigenvalue weighted by molar-refractivity contribution is 6.08. The third kappa shape index (κ3) is 5.19. The smallest absolute Gasteiger partial charge is 0.321 e. The number of aryl methyl sites for hydroxylation is 2. The topological polar surface area (TPSA) is 43.3 Å². The Morgan fingerprint density at radius 1 is 1.03 bits per heavy atom. The van der Waals surface area contributed by atoms with E-state index in [1.54, 1.807) is 0 Å². The lowest BCUT2D eigenvalue weighted by molar-refractivity contribution is -0.150. The van der Waals surface area contributed by atoms with E-state index in [4.69, 9.17) is 4.84 Å². The summed E-state index contributed by atoms with van der Waals surface area (Å²) in [5.74, 6) is 0.492. The Morgan fingerprint density at radius 2 is 1.75 bits per heavy atom. The van der Waals surface area contributed by atoms with Crippen molar-refractivity contribution < 1.29 is 9.63 Å². The minimum Gasteiger partial charge on any atom is -0.370 e. The molecule has 5 rings (SSSR count). The number of fused-ring (bicyclic) bond motifs is 3. The molecule has 188 valence electrons. The summed E-state index contributed by atoms with van der Waals surface area (Å²) in [6.07, 6.45) is 8.40. The van der Waals surface area contributed by atoms with E-state index in [-0.39, 0.29) is 12.0 Å². The van der Waals surface area contributed by atoms with Crippen LogP contribution in [-0.2, 0) is 22.6 Å². The molecule has 1 saturated carbocycles. The molecular formula is C32H38N2O2. The van der Waals surface area contributed by atoms with E-state index in [0.717, 1.165) is 31.7 Å². The van der Waals surface area contributed by atoms with E-state index in [9.17, 15) is 4.79 Å². The lowest BCUT2D eigenvalue weighted by Gasteiger charge is -2.20. The van der Waals surface area contributed by atoms with Gasteiger partial charge in [0, 0.05) is 35.3 Å². The molecule has 1 unspecified atom stereocenters. The molecule has 1 heterocycles. The first kappa shape index (κ1) is 24.6. The first-order valence-corrected chi connectivity index (χ1v) is 13.6. The zero-order valence-corrected chi connectivity index (χ0v) is 21.8.